The van der Waals surface area contributed by atoms with Gasteiger partial charge < -0.3 is 20.1 Å². The van der Waals surface area contributed by atoms with Crippen molar-refractivity contribution in [3.05, 3.63) is 51.9 Å². The number of alkyl halides is 3. The van der Waals surface area contributed by atoms with E-state index in [1.807, 2.05) is 0 Å². The standard InChI is InChI=1S/C22H23F3N2O5S/c1-31-19(29)17-14-10-6-7-11-15(14)33-18(17)27-21(20(30)32-2,22(23,24)25)26-16(28)12-13-8-4-3-5-9-13/h3-5,8-9,27H,6-7,10-12H2,1-2H3,(H,26,28)/t21-/m1/s1. The molecule has 1 aromatic carbocycles. The number of aryl methyl sites for hydroxylation is 1. The van der Waals surface area contributed by atoms with E-state index in [4.69, 9.17) is 4.74 Å². The first-order valence-electron chi connectivity index (χ1n) is 10.1. The summed E-state index contributed by atoms with van der Waals surface area (Å²) < 4.78 is 52.5. The highest BCUT2D eigenvalue weighted by Crippen LogP contribution is 2.42. The van der Waals surface area contributed by atoms with Crippen LogP contribution in [0, 0.1) is 0 Å². The largest absolute Gasteiger partial charge is 0.466 e. The van der Waals surface area contributed by atoms with Gasteiger partial charge in [0, 0.05) is 4.88 Å². The molecule has 0 radical (unpaired) electrons. The molecule has 1 aromatic heterocycles. The summed E-state index contributed by atoms with van der Waals surface area (Å²) in [5.74, 6) is -3.65. The zero-order valence-electron chi connectivity index (χ0n) is 18.0. The summed E-state index contributed by atoms with van der Waals surface area (Å²) in [6.07, 6.45) is -3.03. The topological polar surface area (TPSA) is 93.7 Å². The number of esters is 2. The number of carbonyl (C=O) groups excluding carboxylic acids is 3. The van der Waals surface area contributed by atoms with Crippen molar-refractivity contribution < 1.29 is 37.0 Å². The summed E-state index contributed by atoms with van der Waals surface area (Å²) in [5, 5.41) is 3.70. The third-order valence-corrected chi connectivity index (χ3v) is 6.52. The summed E-state index contributed by atoms with van der Waals surface area (Å²) in [6.45, 7) is 0. The zero-order chi connectivity index (χ0) is 24.2. The molecule has 0 spiro atoms. The highest BCUT2D eigenvalue weighted by Gasteiger charge is 2.64. The first-order valence-corrected chi connectivity index (χ1v) is 11.0. The van der Waals surface area contributed by atoms with Crippen molar-refractivity contribution in [3.8, 4) is 0 Å². The second-order valence-electron chi connectivity index (χ2n) is 7.48. The van der Waals surface area contributed by atoms with Gasteiger partial charge in [0.25, 0.3) is 0 Å². The van der Waals surface area contributed by atoms with Gasteiger partial charge in [0.05, 0.1) is 26.2 Å². The molecular formula is C22H23F3N2O5S. The van der Waals surface area contributed by atoms with Gasteiger partial charge >= 0.3 is 23.8 Å². The zero-order valence-corrected chi connectivity index (χ0v) is 18.8. The molecule has 0 unspecified atom stereocenters. The number of fused-ring (bicyclic) bond motifs is 1. The maximum atomic E-state index is 14.4. The minimum atomic E-state index is -5.30. The SMILES string of the molecule is COC(=O)c1c(N[C@](NC(=O)Cc2ccccc2)(C(=O)OC)C(F)(F)F)sc2c1CCCC2. The predicted molar refractivity (Wildman–Crippen MR) is 115 cm³/mol. The average Bonchev–Trinajstić information content (AvgIpc) is 3.15. The van der Waals surface area contributed by atoms with Gasteiger partial charge in [0.15, 0.2) is 0 Å². The van der Waals surface area contributed by atoms with Crippen molar-refractivity contribution >= 4 is 34.2 Å². The van der Waals surface area contributed by atoms with E-state index in [1.165, 1.54) is 0 Å². The highest BCUT2D eigenvalue weighted by atomic mass is 32.1. The fraction of sp³-hybridized carbons (Fsp3) is 0.409. The van der Waals surface area contributed by atoms with Crippen molar-refractivity contribution in [2.75, 3.05) is 19.5 Å². The second-order valence-corrected chi connectivity index (χ2v) is 8.59. The number of carbonyl (C=O) groups is 3. The summed E-state index contributed by atoms with van der Waals surface area (Å²) in [4.78, 5) is 38.3. The van der Waals surface area contributed by atoms with Crippen LogP contribution >= 0.6 is 11.3 Å². The van der Waals surface area contributed by atoms with E-state index in [2.05, 4.69) is 10.1 Å². The van der Waals surface area contributed by atoms with Gasteiger partial charge in [-0.05, 0) is 36.8 Å². The van der Waals surface area contributed by atoms with Gasteiger partial charge in [-0.2, -0.15) is 13.2 Å². The van der Waals surface area contributed by atoms with Gasteiger partial charge in [0.2, 0.25) is 5.91 Å². The lowest BCUT2D eigenvalue weighted by Gasteiger charge is -2.34. The number of benzene rings is 1. The van der Waals surface area contributed by atoms with Gasteiger partial charge in [-0.15, -0.1) is 11.3 Å². The number of ether oxygens (including phenoxy) is 2. The maximum absolute atomic E-state index is 14.4. The highest BCUT2D eigenvalue weighted by molar-refractivity contribution is 7.16. The molecule has 11 heteroatoms. The molecular weight excluding hydrogens is 461 g/mol. The van der Waals surface area contributed by atoms with Crippen LogP contribution < -0.4 is 10.6 Å². The van der Waals surface area contributed by atoms with E-state index in [-0.39, 0.29) is 10.6 Å². The van der Waals surface area contributed by atoms with E-state index in [1.54, 1.807) is 35.6 Å². The number of rotatable bonds is 7. The predicted octanol–water partition coefficient (Wildman–Crippen LogP) is 3.62. The van der Waals surface area contributed by atoms with Crippen LogP contribution in [-0.4, -0.2) is 43.9 Å². The lowest BCUT2D eigenvalue weighted by molar-refractivity contribution is -0.206. The smallest absolute Gasteiger partial charge is 0.441 e. The summed E-state index contributed by atoms with van der Waals surface area (Å²) in [7, 11) is 1.91. The monoisotopic (exact) mass is 484 g/mol. The van der Waals surface area contributed by atoms with Crippen molar-refractivity contribution in [2.24, 2.45) is 0 Å². The minimum Gasteiger partial charge on any atom is -0.466 e. The molecule has 1 heterocycles. The molecule has 178 valence electrons. The number of hydrogen-bond donors (Lipinski definition) is 2. The van der Waals surface area contributed by atoms with Crippen LogP contribution in [0.2, 0.25) is 0 Å². The Balaban J connectivity index is 2.05. The Kier molecular flexibility index (Phi) is 7.31. The number of halogens is 3. The van der Waals surface area contributed by atoms with E-state index in [9.17, 15) is 27.6 Å². The number of methoxy groups -OCH3 is 2. The van der Waals surface area contributed by atoms with E-state index in [0.29, 0.717) is 24.0 Å². The Morgan fingerprint density at radius 3 is 2.30 bits per heavy atom. The van der Waals surface area contributed by atoms with Crippen LogP contribution in [-0.2, 0) is 38.3 Å². The first kappa shape index (κ1) is 24.6. The third kappa shape index (κ3) is 4.97. The summed E-state index contributed by atoms with van der Waals surface area (Å²) >= 11 is 0.937. The molecule has 1 aliphatic carbocycles. The van der Waals surface area contributed by atoms with Gasteiger partial charge in [0.1, 0.15) is 5.00 Å². The van der Waals surface area contributed by atoms with E-state index >= 15 is 0 Å². The Morgan fingerprint density at radius 2 is 1.70 bits per heavy atom. The Bertz CT molecular complexity index is 1040. The van der Waals surface area contributed by atoms with Crippen molar-refractivity contribution in [3.63, 3.8) is 0 Å². The molecule has 0 bridgehead atoms. The average molecular weight is 484 g/mol. The quantitative estimate of drug-likeness (QED) is 0.461. The van der Waals surface area contributed by atoms with Gasteiger partial charge in [-0.1, -0.05) is 30.3 Å². The number of hydrogen-bond acceptors (Lipinski definition) is 7. The first-order chi connectivity index (χ1) is 15.6. The second kappa shape index (κ2) is 9.82. The van der Waals surface area contributed by atoms with Crippen LogP contribution in [0.3, 0.4) is 0 Å². The Labute approximate surface area is 192 Å². The van der Waals surface area contributed by atoms with Crippen LogP contribution in [0.5, 0.6) is 0 Å². The molecule has 0 fully saturated rings. The Morgan fingerprint density at radius 1 is 1.03 bits per heavy atom. The fourth-order valence-electron chi connectivity index (χ4n) is 3.72. The number of nitrogens with one attached hydrogen (secondary N) is 2. The maximum Gasteiger partial charge on any atom is 0.441 e. The molecule has 33 heavy (non-hydrogen) atoms. The molecule has 2 aromatic rings. The number of anilines is 1. The molecule has 0 saturated heterocycles. The number of amides is 1. The van der Waals surface area contributed by atoms with E-state index in [0.717, 1.165) is 43.3 Å². The summed E-state index contributed by atoms with van der Waals surface area (Å²) in [6, 6.07) is 8.12. The summed E-state index contributed by atoms with van der Waals surface area (Å²) in [5.41, 5.74) is -2.62. The molecule has 0 aliphatic heterocycles. The minimum absolute atomic E-state index is 0.0629. The number of thiophene rings is 1. The molecule has 1 aliphatic rings. The molecule has 2 N–H and O–H groups in total. The third-order valence-electron chi connectivity index (χ3n) is 5.31. The van der Waals surface area contributed by atoms with Crippen LogP contribution in [0.15, 0.2) is 30.3 Å². The lowest BCUT2D eigenvalue weighted by Crippen LogP contribution is -2.69. The lowest BCUT2D eigenvalue weighted by atomic mass is 9.95. The fourth-order valence-corrected chi connectivity index (χ4v) is 5.05. The van der Waals surface area contributed by atoms with Crippen LogP contribution in [0.1, 0.15) is 39.2 Å². The van der Waals surface area contributed by atoms with Crippen molar-refractivity contribution in [1.29, 1.82) is 0 Å². The van der Waals surface area contributed by atoms with Crippen LogP contribution in [0.25, 0.3) is 0 Å². The molecule has 1 atom stereocenters. The molecule has 3 rings (SSSR count). The molecule has 1 amide bonds. The van der Waals surface area contributed by atoms with Crippen molar-refractivity contribution in [1.82, 2.24) is 5.32 Å². The van der Waals surface area contributed by atoms with Crippen molar-refractivity contribution in [2.45, 2.75) is 43.9 Å². The van der Waals surface area contributed by atoms with E-state index < -0.39 is 36.1 Å². The van der Waals surface area contributed by atoms with Gasteiger partial charge in [-0.3, -0.25) is 4.79 Å². The molecule has 7 nitrogen and oxygen atoms in total. The van der Waals surface area contributed by atoms with Gasteiger partial charge in [-0.25, -0.2) is 9.59 Å². The van der Waals surface area contributed by atoms with Crippen LogP contribution in [0.4, 0.5) is 18.2 Å². The Hall–Kier alpha value is -3.08. The normalized spacial score (nSPS) is 15.1. The molecule has 0 saturated carbocycles.